The Hall–Kier alpha value is -9.18. The molecule has 11 aromatic carbocycles. The minimum atomic E-state index is -0.561. The van der Waals surface area contributed by atoms with Crippen molar-refractivity contribution >= 4 is 38.9 Å². The van der Waals surface area contributed by atoms with Crippen LogP contribution in [0.25, 0.3) is 72.0 Å². The van der Waals surface area contributed by atoms with Crippen LogP contribution in [0, 0.1) is 0 Å². The minimum absolute atomic E-state index is 0.0748. The lowest BCUT2D eigenvalue weighted by atomic mass is 9.66. The van der Waals surface area contributed by atoms with E-state index < -0.39 is 5.41 Å². The molecule has 0 atom stereocenters. The molecule has 12 aromatic rings. The molecule has 344 valence electrons. The Balaban J connectivity index is 0.903. The molecule has 0 bridgehead atoms. The monoisotopic (exact) mass is 932 g/mol. The molecule has 3 heteroatoms. The summed E-state index contributed by atoms with van der Waals surface area (Å²) in [6.07, 6.45) is 0. The van der Waals surface area contributed by atoms with Gasteiger partial charge in [-0.25, -0.2) is 0 Å². The van der Waals surface area contributed by atoms with Crippen molar-refractivity contribution in [3.63, 3.8) is 0 Å². The predicted molar refractivity (Wildman–Crippen MR) is 301 cm³/mol. The topological polar surface area (TPSA) is 17.4 Å². The highest BCUT2D eigenvalue weighted by Crippen LogP contribution is 2.63. The number of para-hydroxylation sites is 3. The van der Waals surface area contributed by atoms with Crippen molar-refractivity contribution in [1.29, 1.82) is 0 Å². The fraction of sp³-hybridized carbons (Fsp3) is 0.0571. The predicted octanol–water partition coefficient (Wildman–Crippen LogP) is 18.4. The third-order valence-corrected chi connectivity index (χ3v) is 16.2. The largest absolute Gasteiger partial charge is 0.457 e. The Morgan fingerprint density at radius 1 is 0.356 bits per heavy atom. The van der Waals surface area contributed by atoms with Gasteiger partial charge in [-0.3, -0.25) is 0 Å². The number of rotatable bonds is 6. The summed E-state index contributed by atoms with van der Waals surface area (Å²) in [5, 5.41) is 2.44. The second kappa shape index (κ2) is 15.7. The van der Waals surface area contributed by atoms with Crippen LogP contribution in [-0.4, -0.2) is 4.57 Å². The van der Waals surface area contributed by atoms with Crippen LogP contribution in [0.15, 0.2) is 255 Å². The molecule has 1 aromatic heterocycles. The van der Waals surface area contributed by atoms with Crippen LogP contribution in [0.1, 0.15) is 47.2 Å². The van der Waals surface area contributed by atoms with Crippen LogP contribution in [0.2, 0.25) is 0 Å². The zero-order chi connectivity index (χ0) is 48.4. The highest BCUT2D eigenvalue weighted by Gasteiger charge is 2.52. The molecule has 3 nitrogen and oxygen atoms in total. The quantitative estimate of drug-likeness (QED) is 0.165. The van der Waals surface area contributed by atoms with E-state index in [0.29, 0.717) is 0 Å². The summed E-state index contributed by atoms with van der Waals surface area (Å²) in [6.45, 7) is 4.69. The highest BCUT2D eigenvalue weighted by atomic mass is 16.5. The van der Waals surface area contributed by atoms with Crippen molar-refractivity contribution in [2.24, 2.45) is 0 Å². The van der Waals surface area contributed by atoms with Gasteiger partial charge in [0.15, 0.2) is 0 Å². The average molecular weight is 933 g/mol. The van der Waals surface area contributed by atoms with E-state index in [0.717, 1.165) is 39.8 Å². The summed E-state index contributed by atoms with van der Waals surface area (Å²) in [5.74, 6) is 1.79. The minimum Gasteiger partial charge on any atom is -0.457 e. The average Bonchev–Trinajstić information content (AvgIpc) is 4.03. The van der Waals surface area contributed by atoms with Gasteiger partial charge in [-0.05, 0) is 134 Å². The first-order chi connectivity index (χ1) is 36.0. The van der Waals surface area contributed by atoms with Crippen molar-refractivity contribution in [3.05, 3.63) is 288 Å². The van der Waals surface area contributed by atoms with Gasteiger partial charge in [0.05, 0.1) is 16.4 Å². The first-order valence-electron chi connectivity index (χ1n) is 25.4. The van der Waals surface area contributed by atoms with Crippen molar-refractivity contribution in [3.8, 4) is 61.7 Å². The van der Waals surface area contributed by atoms with Gasteiger partial charge in [0.25, 0.3) is 0 Å². The molecule has 73 heavy (non-hydrogen) atoms. The lowest BCUT2D eigenvalue weighted by Gasteiger charge is -2.39. The number of hydrogen-bond acceptors (Lipinski definition) is 2. The molecule has 0 amide bonds. The van der Waals surface area contributed by atoms with E-state index in [-0.39, 0.29) is 5.41 Å². The molecule has 0 saturated heterocycles. The molecule has 2 aliphatic carbocycles. The summed E-state index contributed by atoms with van der Waals surface area (Å²) in [5.41, 5.74) is 23.7. The van der Waals surface area contributed by atoms with Gasteiger partial charge in [0.2, 0.25) is 0 Å². The number of benzene rings is 11. The molecule has 0 fully saturated rings. The standard InChI is InChI=1S/C70H48N2O/c1-69(2)58-26-11-9-24-53(58)56-44-52(37-39-59(56)69)71(51-23-17-20-47(42-51)45-18-5-3-6-19-45)50-35-32-46(33-36-50)48-34-41-64-57(43-48)54-38-40-63-67(68(54)72(64)49-21-7-4-8-22-49)55-25-10-12-27-60(55)70(63)61-28-13-15-30-65(61)73-66-31-16-14-29-62(66)70/h3-44H,1-2H3. The first-order valence-corrected chi connectivity index (χ1v) is 25.4. The molecule has 1 spiro atoms. The van der Waals surface area contributed by atoms with Crippen LogP contribution < -0.4 is 9.64 Å². The lowest BCUT2D eigenvalue weighted by molar-refractivity contribution is 0.436. The molecule has 0 N–H and O–H groups in total. The van der Waals surface area contributed by atoms with Gasteiger partial charge in [-0.2, -0.15) is 0 Å². The normalized spacial score (nSPS) is 13.9. The molecule has 0 unspecified atom stereocenters. The summed E-state index contributed by atoms with van der Waals surface area (Å²) >= 11 is 0. The zero-order valence-corrected chi connectivity index (χ0v) is 40.6. The molecular weight excluding hydrogens is 885 g/mol. The fourth-order valence-electron chi connectivity index (χ4n) is 13.0. The number of nitrogens with zero attached hydrogens (tertiary/aromatic N) is 2. The smallest absolute Gasteiger partial charge is 0.132 e. The van der Waals surface area contributed by atoms with E-state index in [1.54, 1.807) is 0 Å². The van der Waals surface area contributed by atoms with E-state index in [9.17, 15) is 0 Å². The van der Waals surface area contributed by atoms with E-state index in [1.807, 2.05) is 0 Å². The Morgan fingerprint density at radius 2 is 0.904 bits per heavy atom. The molecule has 0 radical (unpaired) electrons. The zero-order valence-electron chi connectivity index (χ0n) is 40.6. The van der Waals surface area contributed by atoms with Crippen molar-refractivity contribution in [2.45, 2.75) is 24.7 Å². The van der Waals surface area contributed by atoms with Crippen molar-refractivity contribution < 1.29 is 4.74 Å². The van der Waals surface area contributed by atoms with Gasteiger partial charge in [0, 0.05) is 55.6 Å². The van der Waals surface area contributed by atoms with Crippen molar-refractivity contribution in [1.82, 2.24) is 4.57 Å². The molecule has 3 aliphatic rings. The number of ether oxygens (including phenoxy) is 1. The van der Waals surface area contributed by atoms with Gasteiger partial charge in [0.1, 0.15) is 11.5 Å². The SMILES string of the molecule is CC1(C)c2ccccc2-c2cc(N(c3ccc(-c4ccc5c(c4)c4ccc6c(c4n5-c4ccccc4)-c4ccccc4C64c5ccccc5Oc5ccccc54)cc3)c3cccc(-c4ccccc4)c3)ccc21. The Bertz CT molecular complexity index is 4160. The number of hydrogen-bond donors (Lipinski definition) is 0. The third kappa shape index (κ3) is 5.94. The molecule has 0 saturated carbocycles. The van der Waals surface area contributed by atoms with Crippen LogP contribution >= 0.6 is 0 Å². The third-order valence-electron chi connectivity index (χ3n) is 16.2. The number of aromatic nitrogens is 1. The first kappa shape index (κ1) is 41.6. The molecular formula is C70H48N2O. The van der Waals surface area contributed by atoms with Gasteiger partial charge in [-0.1, -0.05) is 196 Å². The maximum Gasteiger partial charge on any atom is 0.132 e. The maximum atomic E-state index is 6.69. The van der Waals surface area contributed by atoms with Gasteiger partial charge >= 0.3 is 0 Å². The maximum absolute atomic E-state index is 6.69. The van der Waals surface area contributed by atoms with E-state index >= 15 is 0 Å². The lowest BCUT2D eigenvalue weighted by Crippen LogP contribution is -2.32. The Kier molecular flexibility index (Phi) is 8.92. The van der Waals surface area contributed by atoms with E-state index in [1.165, 1.54) is 94.1 Å². The summed E-state index contributed by atoms with van der Waals surface area (Å²) in [4.78, 5) is 2.42. The van der Waals surface area contributed by atoms with Gasteiger partial charge in [-0.15, -0.1) is 0 Å². The second-order valence-electron chi connectivity index (χ2n) is 20.4. The summed E-state index contributed by atoms with van der Waals surface area (Å²) in [6, 6.07) is 93.8. The van der Waals surface area contributed by atoms with E-state index in [2.05, 4.69) is 278 Å². The van der Waals surface area contributed by atoms with Crippen LogP contribution in [-0.2, 0) is 10.8 Å². The highest BCUT2D eigenvalue weighted by molar-refractivity contribution is 6.17. The second-order valence-corrected chi connectivity index (χ2v) is 20.4. The summed E-state index contributed by atoms with van der Waals surface area (Å²) in [7, 11) is 0. The molecule has 1 aliphatic heterocycles. The molecule has 2 heterocycles. The van der Waals surface area contributed by atoms with Crippen LogP contribution in [0.5, 0.6) is 11.5 Å². The summed E-state index contributed by atoms with van der Waals surface area (Å²) < 4.78 is 9.19. The van der Waals surface area contributed by atoms with Gasteiger partial charge < -0.3 is 14.2 Å². The Labute approximate surface area is 425 Å². The number of fused-ring (bicyclic) bond motifs is 16. The number of anilines is 3. The fourth-order valence-corrected chi connectivity index (χ4v) is 13.0. The van der Waals surface area contributed by atoms with Crippen LogP contribution in [0.4, 0.5) is 17.1 Å². The van der Waals surface area contributed by atoms with Crippen LogP contribution in [0.3, 0.4) is 0 Å². The molecule has 15 rings (SSSR count). The van der Waals surface area contributed by atoms with E-state index in [4.69, 9.17) is 4.74 Å². The van der Waals surface area contributed by atoms with Crippen molar-refractivity contribution in [2.75, 3.05) is 4.90 Å². The Morgan fingerprint density at radius 3 is 1.66 bits per heavy atom.